The number of aromatic nitrogens is 3. The predicted molar refractivity (Wildman–Crippen MR) is 81.6 cm³/mol. The van der Waals surface area contributed by atoms with E-state index in [2.05, 4.69) is 28.5 Å². The van der Waals surface area contributed by atoms with Crippen LogP contribution in [0.25, 0.3) is 5.69 Å². The number of aliphatic hydroxyl groups is 1. The van der Waals surface area contributed by atoms with Crippen molar-refractivity contribution in [3.8, 4) is 5.69 Å². The Morgan fingerprint density at radius 3 is 3.00 bits per heavy atom. The van der Waals surface area contributed by atoms with Gasteiger partial charge in [-0.2, -0.15) is 0 Å². The molecule has 0 saturated heterocycles. The number of nitrogens with zero attached hydrogens (tertiary/aromatic N) is 3. The fourth-order valence-electron chi connectivity index (χ4n) is 1.91. The lowest BCUT2D eigenvalue weighted by Gasteiger charge is -2.10. The molecule has 0 aliphatic rings. The molecule has 0 saturated carbocycles. The van der Waals surface area contributed by atoms with Crippen molar-refractivity contribution < 1.29 is 9.90 Å². The number of carbonyl (C=O) groups is 1. The molecular weight excluding hydrogens is 288 g/mol. The molecule has 0 radical (unpaired) electrons. The van der Waals surface area contributed by atoms with Gasteiger partial charge in [0.05, 0.1) is 18.0 Å². The van der Waals surface area contributed by atoms with Crippen molar-refractivity contribution in [2.75, 3.05) is 18.9 Å². The largest absolute Gasteiger partial charge is 0.395 e. The summed E-state index contributed by atoms with van der Waals surface area (Å²) in [7, 11) is 0. The van der Waals surface area contributed by atoms with Crippen LogP contribution in [-0.2, 0) is 11.2 Å². The molecule has 2 N–H and O–H groups in total. The normalized spacial score (nSPS) is 10.6. The number of amides is 1. The van der Waals surface area contributed by atoms with Crippen molar-refractivity contribution in [1.29, 1.82) is 0 Å². The molecule has 0 unspecified atom stereocenters. The average molecular weight is 306 g/mol. The van der Waals surface area contributed by atoms with E-state index in [0.717, 1.165) is 12.1 Å². The van der Waals surface area contributed by atoms with Crippen molar-refractivity contribution in [1.82, 2.24) is 20.1 Å². The number of nitrogens with one attached hydrogen (secondary N) is 1. The summed E-state index contributed by atoms with van der Waals surface area (Å²) in [6, 6.07) is 8.05. The van der Waals surface area contributed by atoms with Gasteiger partial charge in [-0.15, -0.1) is 10.2 Å². The number of hydrogen-bond donors (Lipinski definition) is 2. The lowest BCUT2D eigenvalue weighted by atomic mass is 10.1. The number of aryl methyl sites for hydroxylation is 1. The Morgan fingerprint density at radius 2 is 2.24 bits per heavy atom. The van der Waals surface area contributed by atoms with Gasteiger partial charge in [0.2, 0.25) is 5.91 Å². The monoisotopic (exact) mass is 306 g/mol. The number of para-hydroxylation sites is 1. The lowest BCUT2D eigenvalue weighted by molar-refractivity contribution is -0.118. The third kappa shape index (κ3) is 4.05. The molecule has 0 aliphatic heterocycles. The van der Waals surface area contributed by atoms with Gasteiger partial charge in [-0.3, -0.25) is 9.36 Å². The van der Waals surface area contributed by atoms with E-state index < -0.39 is 0 Å². The maximum Gasteiger partial charge on any atom is 0.230 e. The summed E-state index contributed by atoms with van der Waals surface area (Å²) in [5.74, 6) is 0.111. The Morgan fingerprint density at radius 1 is 1.43 bits per heavy atom. The summed E-state index contributed by atoms with van der Waals surface area (Å²) < 4.78 is 1.89. The highest BCUT2D eigenvalue weighted by molar-refractivity contribution is 7.99. The molecule has 7 heteroatoms. The molecule has 6 nitrogen and oxygen atoms in total. The molecule has 0 aliphatic carbocycles. The SMILES string of the molecule is CCc1ccccc1-n1cnnc1SCC(=O)NCCO. The minimum atomic E-state index is -0.132. The van der Waals surface area contributed by atoms with E-state index in [4.69, 9.17) is 5.11 Å². The Labute approximate surface area is 127 Å². The second-order valence-corrected chi connectivity index (χ2v) is 5.27. The third-order valence-corrected chi connectivity index (χ3v) is 3.86. The van der Waals surface area contributed by atoms with E-state index in [0.29, 0.717) is 5.16 Å². The summed E-state index contributed by atoms with van der Waals surface area (Å²) in [5, 5.41) is 20.0. The van der Waals surface area contributed by atoms with Crippen LogP contribution in [0.3, 0.4) is 0 Å². The van der Waals surface area contributed by atoms with Gasteiger partial charge in [0.1, 0.15) is 6.33 Å². The number of aliphatic hydroxyl groups excluding tert-OH is 1. The molecule has 0 bridgehead atoms. The van der Waals surface area contributed by atoms with E-state index in [1.54, 1.807) is 6.33 Å². The number of thioether (sulfide) groups is 1. The first-order chi connectivity index (χ1) is 10.3. The van der Waals surface area contributed by atoms with Crippen LogP contribution in [0.4, 0.5) is 0 Å². The van der Waals surface area contributed by atoms with Gasteiger partial charge >= 0.3 is 0 Å². The summed E-state index contributed by atoms with van der Waals surface area (Å²) in [5.41, 5.74) is 2.23. The van der Waals surface area contributed by atoms with Crippen molar-refractivity contribution in [2.45, 2.75) is 18.5 Å². The molecule has 0 fully saturated rings. The Balaban J connectivity index is 2.10. The highest BCUT2D eigenvalue weighted by Gasteiger charge is 2.11. The quantitative estimate of drug-likeness (QED) is 0.747. The number of carbonyl (C=O) groups excluding carboxylic acids is 1. The molecule has 1 heterocycles. The minimum Gasteiger partial charge on any atom is -0.395 e. The van der Waals surface area contributed by atoms with E-state index >= 15 is 0 Å². The smallest absolute Gasteiger partial charge is 0.230 e. The van der Waals surface area contributed by atoms with Crippen LogP contribution in [0, 0.1) is 0 Å². The second-order valence-electron chi connectivity index (χ2n) is 4.33. The summed E-state index contributed by atoms with van der Waals surface area (Å²) in [6.07, 6.45) is 2.57. The molecule has 2 rings (SSSR count). The van der Waals surface area contributed by atoms with E-state index in [9.17, 15) is 4.79 Å². The van der Waals surface area contributed by atoms with E-state index in [1.807, 2.05) is 22.8 Å². The maximum atomic E-state index is 11.6. The van der Waals surface area contributed by atoms with Crippen LogP contribution >= 0.6 is 11.8 Å². The van der Waals surface area contributed by atoms with Crippen LogP contribution in [0.2, 0.25) is 0 Å². The summed E-state index contributed by atoms with van der Waals surface area (Å²) in [6.45, 7) is 2.31. The van der Waals surface area contributed by atoms with Crippen molar-refractivity contribution >= 4 is 17.7 Å². The standard InChI is InChI=1S/C14H18N4O2S/c1-2-11-5-3-4-6-12(11)18-10-16-17-14(18)21-9-13(20)15-7-8-19/h3-6,10,19H,2,7-9H2,1H3,(H,15,20). The predicted octanol–water partition coefficient (Wildman–Crippen LogP) is 1.03. The van der Waals surface area contributed by atoms with Gasteiger partial charge in [-0.05, 0) is 18.1 Å². The van der Waals surface area contributed by atoms with Crippen LogP contribution < -0.4 is 5.32 Å². The van der Waals surface area contributed by atoms with Crippen molar-refractivity contribution in [3.63, 3.8) is 0 Å². The number of hydrogen-bond acceptors (Lipinski definition) is 5. The minimum absolute atomic E-state index is 0.0591. The average Bonchev–Trinajstić information content (AvgIpc) is 2.99. The number of benzene rings is 1. The van der Waals surface area contributed by atoms with Crippen molar-refractivity contribution in [3.05, 3.63) is 36.2 Å². The van der Waals surface area contributed by atoms with E-state index in [1.165, 1.54) is 17.3 Å². The highest BCUT2D eigenvalue weighted by Crippen LogP contribution is 2.22. The van der Waals surface area contributed by atoms with Crippen LogP contribution in [0.15, 0.2) is 35.7 Å². The molecule has 1 aromatic heterocycles. The van der Waals surface area contributed by atoms with Gasteiger partial charge in [-0.25, -0.2) is 0 Å². The van der Waals surface area contributed by atoms with Gasteiger partial charge in [0, 0.05) is 6.54 Å². The van der Waals surface area contributed by atoms with Gasteiger partial charge in [-0.1, -0.05) is 36.9 Å². The first kappa shape index (κ1) is 15.5. The zero-order valence-corrected chi connectivity index (χ0v) is 12.6. The van der Waals surface area contributed by atoms with Crippen LogP contribution in [0.1, 0.15) is 12.5 Å². The summed E-state index contributed by atoms with van der Waals surface area (Å²) >= 11 is 1.32. The Kier molecular flexibility index (Phi) is 5.77. The molecule has 21 heavy (non-hydrogen) atoms. The molecular formula is C14H18N4O2S. The number of rotatable bonds is 7. The van der Waals surface area contributed by atoms with Crippen LogP contribution in [-0.4, -0.2) is 44.7 Å². The Hall–Kier alpha value is -1.86. The zero-order valence-electron chi connectivity index (χ0n) is 11.8. The third-order valence-electron chi connectivity index (χ3n) is 2.91. The first-order valence-electron chi connectivity index (χ1n) is 6.75. The molecule has 2 aromatic rings. The summed E-state index contributed by atoms with van der Waals surface area (Å²) in [4.78, 5) is 11.6. The molecule has 1 amide bonds. The van der Waals surface area contributed by atoms with Crippen LogP contribution in [0.5, 0.6) is 0 Å². The maximum absolute atomic E-state index is 11.6. The van der Waals surface area contributed by atoms with E-state index in [-0.39, 0.29) is 24.8 Å². The van der Waals surface area contributed by atoms with Gasteiger partial charge < -0.3 is 10.4 Å². The van der Waals surface area contributed by atoms with Crippen molar-refractivity contribution in [2.24, 2.45) is 0 Å². The van der Waals surface area contributed by atoms with Gasteiger partial charge in [0.15, 0.2) is 5.16 Å². The molecule has 0 atom stereocenters. The zero-order chi connectivity index (χ0) is 15.1. The topological polar surface area (TPSA) is 80.0 Å². The Bertz CT molecular complexity index is 600. The molecule has 1 aromatic carbocycles. The van der Waals surface area contributed by atoms with Gasteiger partial charge in [0.25, 0.3) is 0 Å². The second kappa shape index (κ2) is 7.80. The fourth-order valence-corrected chi connectivity index (χ4v) is 2.66. The first-order valence-corrected chi connectivity index (χ1v) is 7.73. The molecule has 0 spiro atoms. The molecule has 112 valence electrons. The highest BCUT2D eigenvalue weighted by atomic mass is 32.2. The lowest BCUT2D eigenvalue weighted by Crippen LogP contribution is -2.28. The fraction of sp³-hybridized carbons (Fsp3) is 0.357.